The second-order valence-electron chi connectivity index (χ2n) is 5.45. The average Bonchev–Trinajstić information content (AvgIpc) is 2.35. The maximum Gasteiger partial charge on any atom is 0.397 e. The van der Waals surface area contributed by atoms with Gasteiger partial charge in [-0.1, -0.05) is 20.8 Å². The van der Waals surface area contributed by atoms with Gasteiger partial charge >= 0.3 is 11.9 Å². The molecule has 0 bridgehead atoms. The van der Waals surface area contributed by atoms with Crippen molar-refractivity contribution >= 4 is 11.9 Å². The molecule has 5 heteroatoms. The highest BCUT2D eigenvalue weighted by molar-refractivity contribution is 6.32. The van der Waals surface area contributed by atoms with Gasteiger partial charge in [-0.15, -0.1) is 0 Å². The van der Waals surface area contributed by atoms with Crippen molar-refractivity contribution in [3.8, 4) is 0 Å². The molecule has 1 N–H and O–H groups in total. The van der Waals surface area contributed by atoms with Crippen LogP contribution < -0.4 is 5.32 Å². The Morgan fingerprint density at radius 3 is 2.42 bits per heavy atom. The van der Waals surface area contributed by atoms with Crippen LogP contribution in [0.1, 0.15) is 33.3 Å². The van der Waals surface area contributed by atoms with Gasteiger partial charge in [0.1, 0.15) is 6.10 Å². The highest BCUT2D eigenvalue weighted by atomic mass is 16.5. The van der Waals surface area contributed by atoms with Crippen molar-refractivity contribution in [1.29, 1.82) is 0 Å². The molecular weight excluding hydrogens is 244 g/mol. The second-order valence-corrected chi connectivity index (χ2v) is 5.45. The number of ether oxygens (including phenoxy) is 1. The molecular formula is C14H20N2O3. The number of carbonyl (C=O) groups is 2. The van der Waals surface area contributed by atoms with Crippen molar-refractivity contribution in [3.05, 3.63) is 30.1 Å². The van der Waals surface area contributed by atoms with Crippen LogP contribution in [0.15, 0.2) is 24.5 Å². The van der Waals surface area contributed by atoms with Crippen LogP contribution in [0.3, 0.4) is 0 Å². The van der Waals surface area contributed by atoms with Crippen LogP contribution in [-0.2, 0) is 20.9 Å². The number of esters is 1. The average molecular weight is 264 g/mol. The Labute approximate surface area is 113 Å². The van der Waals surface area contributed by atoms with Gasteiger partial charge in [0, 0.05) is 18.9 Å². The molecule has 1 aromatic heterocycles. The summed E-state index contributed by atoms with van der Waals surface area (Å²) in [6, 6.07) is 3.53. The molecule has 5 nitrogen and oxygen atoms in total. The molecule has 0 aliphatic heterocycles. The van der Waals surface area contributed by atoms with Crippen LogP contribution in [0.4, 0.5) is 0 Å². The summed E-state index contributed by atoms with van der Waals surface area (Å²) in [6.45, 7) is 7.88. The minimum absolute atomic E-state index is 0.193. The van der Waals surface area contributed by atoms with Gasteiger partial charge in [-0.2, -0.15) is 0 Å². The number of nitrogens with one attached hydrogen (secondary N) is 1. The molecule has 0 unspecified atom stereocenters. The Morgan fingerprint density at radius 2 is 1.89 bits per heavy atom. The van der Waals surface area contributed by atoms with Gasteiger partial charge in [-0.25, -0.2) is 4.79 Å². The smallest absolute Gasteiger partial charge is 0.397 e. The minimum atomic E-state index is -0.850. The molecule has 1 heterocycles. The molecule has 1 amide bonds. The number of nitrogens with zero attached hydrogens (tertiary/aromatic N) is 1. The van der Waals surface area contributed by atoms with Gasteiger partial charge in [-0.3, -0.25) is 9.78 Å². The summed E-state index contributed by atoms with van der Waals surface area (Å²) in [5.41, 5.74) is 0.682. The second kappa shape index (κ2) is 6.31. The van der Waals surface area contributed by atoms with E-state index in [1.165, 1.54) is 0 Å². The Kier molecular flexibility index (Phi) is 5.03. The first kappa shape index (κ1) is 15.1. The molecule has 1 rings (SSSR count). The van der Waals surface area contributed by atoms with Gasteiger partial charge in [0.15, 0.2) is 0 Å². The summed E-state index contributed by atoms with van der Waals surface area (Å²) in [5.74, 6) is -1.58. The third-order valence-corrected chi connectivity index (χ3v) is 2.89. The zero-order chi connectivity index (χ0) is 14.5. The van der Waals surface area contributed by atoms with Crippen LogP contribution in [0.2, 0.25) is 0 Å². The highest BCUT2D eigenvalue weighted by Crippen LogP contribution is 2.21. The maximum atomic E-state index is 11.6. The third-order valence-electron chi connectivity index (χ3n) is 2.89. The molecule has 1 aromatic rings. The van der Waals surface area contributed by atoms with E-state index in [2.05, 4.69) is 10.3 Å². The van der Waals surface area contributed by atoms with Crippen LogP contribution in [0, 0.1) is 5.41 Å². The third kappa shape index (κ3) is 5.07. The normalized spacial score (nSPS) is 12.6. The Balaban J connectivity index is 2.44. The van der Waals surface area contributed by atoms with Gasteiger partial charge in [0.25, 0.3) is 0 Å². The largest absolute Gasteiger partial charge is 0.455 e. The van der Waals surface area contributed by atoms with Gasteiger partial charge < -0.3 is 10.1 Å². The zero-order valence-electron chi connectivity index (χ0n) is 11.8. The highest BCUT2D eigenvalue weighted by Gasteiger charge is 2.26. The summed E-state index contributed by atoms with van der Waals surface area (Å²) in [6.07, 6.45) is 2.93. The van der Waals surface area contributed by atoms with Crippen LogP contribution in [0.5, 0.6) is 0 Å². The number of amides is 1. The predicted octanol–water partition coefficient (Wildman–Crippen LogP) is 1.68. The SMILES string of the molecule is C[C@@H](OC(=O)C(=O)NCc1ccncc1)C(C)(C)C. The molecule has 0 saturated carbocycles. The molecule has 0 spiro atoms. The van der Waals surface area contributed by atoms with Crippen LogP contribution >= 0.6 is 0 Å². The van der Waals surface area contributed by atoms with E-state index in [9.17, 15) is 9.59 Å². The fraction of sp³-hybridized carbons (Fsp3) is 0.500. The van der Waals surface area contributed by atoms with E-state index in [0.717, 1.165) is 5.56 Å². The number of carbonyl (C=O) groups excluding carboxylic acids is 2. The van der Waals surface area contributed by atoms with Crippen LogP contribution in [0.25, 0.3) is 0 Å². The summed E-state index contributed by atoms with van der Waals surface area (Å²) in [7, 11) is 0. The van der Waals surface area contributed by atoms with Gasteiger partial charge in [-0.05, 0) is 30.0 Å². The van der Waals surface area contributed by atoms with Crippen LogP contribution in [-0.4, -0.2) is 23.0 Å². The molecule has 0 aliphatic carbocycles. The van der Waals surface area contributed by atoms with Crippen molar-refractivity contribution in [2.45, 2.75) is 40.3 Å². The molecule has 0 fully saturated rings. The lowest BCUT2D eigenvalue weighted by molar-refractivity contribution is -0.162. The van der Waals surface area contributed by atoms with E-state index in [1.807, 2.05) is 20.8 Å². The number of hydrogen-bond acceptors (Lipinski definition) is 4. The van der Waals surface area contributed by atoms with E-state index >= 15 is 0 Å². The molecule has 104 valence electrons. The zero-order valence-corrected chi connectivity index (χ0v) is 11.8. The van der Waals surface area contributed by atoms with E-state index in [0.29, 0.717) is 0 Å². The minimum Gasteiger partial charge on any atom is -0.455 e. The van der Waals surface area contributed by atoms with E-state index < -0.39 is 11.9 Å². The number of aromatic nitrogens is 1. The summed E-state index contributed by atoms with van der Waals surface area (Å²) in [4.78, 5) is 27.0. The molecule has 0 radical (unpaired) electrons. The lowest BCUT2D eigenvalue weighted by Crippen LogP contribution is -2.37. The molecule has 0 aliphatic rings. The topological polar surface area (TPSA) is 68.3 Å². The fourth-order valence-electron chi connectivity index (χ4n) is 1.15. The van der Waals surface area contributed by atoms with E-state index in [4.69, 9.17) is 4.74 Å². The van der Waals surface area contributed by atoms with Crippen molar-refractivity contribution in [2.24, 2.45) is 5.41 Å². The number of hydrogen-bond donors (Lipinski definition) is 1. The maximum absolute atomic E-state index is 11.6. The van der Waals surface area contributed by atoms with Gasteiger partial charge in [0.2, 0.25) is 0 Å². The standard InChI is InChI=1S/C14H20N2O3/c1-10(14(2,3)4)19-13(18)12(17)16-9-11-5-7-15-8-6-11/h5-8,10H,9H2,1-4H3,(H,16,17)/t10-/m1/s1. The first-order chi connectivity index (χ1) is 8.80. The van der Waals surface area contributed by atoms with Crippen molar-refractivity contribution in [3.63, 3.8) is 0 Å². The van der Waals surface area contributed by atoms with Gasteiger partial charge in [0.05, 0.1) is 0 Å². The summed E-state index contributed by atoms with van der Waals surface area (Å²) < 4.78 is 5.10. The van der Waals surface area contributed by atoms with Crippen molar-refractivity contribution in [2.75, 3.05) is 0 Å². The molecule has 0 saturated heterocycles. The lowest BCUT2D eigenvalue weighted by Gasteiger charge is -2.26. The van der Waals surface area contributed by atoms with Crippen molar-refractivity contribution < 1.29 is 14.3 Å². The molecule has 1 atom stereocenters. The van der Waals surface area contributed by atoms with E-state index in [1.54, 1.807) is 31.5 Å². The quantitative estimate of drug-likeness (QED) is 0.666. The number of pyridine rings is 1. The fourth-order valence-corrected chi connectivity index (χ4v) is 1.15. The van der Waals surface area contributed by atoms with E-state index in [-0.39, 0.29) is 18.1 Å². The lowest BCUT2D eigenvalue weighted by atomic mass is 9.90. The summed E-state index contributed by atoms with van der Waals surface area (Å²) >= 11 is 0. The predicted molar refractivity (Wildman–Crippen MR) is 71.1 cm³/mol. The van der Waals surface area contributed by atoms with Crippen molar-refractivity contribution in [1.82, 2.24) is 10.3 Å². The number of rotatable bonds is 3. The first-order valence-electron chi connectivity index (χ1n) is 6.18. The first-order valence-corrected chi connectivity index (χ1v) is 6.18. The Morgan fingerprint density at radius 1 is 1.32 bits per heavy atom. The molecule has 19 heavy (non-hydrogen) atoms. The Bertz CT molecular complexity index is 438. The summed E-state index contributed by atoms with van der Waals surface area (Å²) in [5, 5.41) is 2.51. The monoisotopic (exact) mass is 264 g/mol. The Hall–Kier alpha value is -1.91. The molecule has 0 aromatic carbocycles.